The first-order chi connectivity index (χ1) is 11.5. The van der Waals surface area contributed by atoms with E-state index in [0.717, 1.165) is 43.9 Å². The predicted molar refractivity (Wildman–Crippen MR) is 96.3 cm³/mol. The maximum atomic E-state index is 11.9. The van der Waals surface area contributed by atoms with Gasteiger partial charge in [-0.2, -0.15) is 0 Å². The van der Waals surface area contributed by atoms with Gasteiger partial charge in [0, 0.05) is 24.4 Å². The minimum Gasteiger partial charge on any atom is -0.466 e. The molecule has 1 unspecified atom stereocenters. The number of hydrogen-bond acceptors (Lipinski definition) is 4. The zero-order valence-corrected chi connectivity index (χ0v) is 15.8. The molecular formula is C20H33NO3. The lowest BCUT2D eigenvalue weighted by molar-refractivity contribution is -0.136. The average Bonchev–Trinajstić information content (AvgIpc) is 3.42. The second-order valence-corrected chi connectivity index (χ2v) is 7.30. The zero-order valence-electron chi connectivity index (χ0n) is 15.8. The fourth-order valence-corrected chi connectivity index (χ4v) is 3.40. The Labute approximate surface area is 146 Å². The van der Waals surface area contributed by atoms with Gasteiger partial charge in [0.2, 0.25) is 0 Å². The summed E-state index contributed by atoms with van der Waals surface area (Å²) in [4.78, 5) is 14.4. The molecule has 4 nitrogen and oxygen atoms in total. The van der Waals surface area contributed by atoms with E-state index in [9.17, 15) is 4.79 Å². The molecule has 0 spiro atoms. The van der Waals surface area contributed by atoms with E-state index < -0.39 is 0 Å². The molecule has 1 saturated carbocycles. The largest absolute Gasteiger partial charge is 0.466 e. The Balaban J connectivity index is 2.01. The molecule has 24 heavy (non-hydrogen) atoms. The molecule has 1 aliphatic heterocycles. The first kappa shape index (κ1) is 19.0. The van der Waals surface area contributed by atoms with E-state index in [0.29, 0.717) is 23.5 Å². The van der Waals surface area contributed by atoms with Crippen molar-refractivity contribution in [3.05, 3.63) is 23.7 Å². The maximum absolute atomic E-state index is 11.9. The summed E-state index contributed by atoms with van der Waals surface area (Å²) < 4.78 is 11.0. The molecule has 0 bridgehead atoms. The highest BCUT2D eigenvalue weighted by atomic mass is 16.5. The lowest BCUT2D eigenvalue weighted by Gasteiger charge is -2.38. The Morgan fingerprint density at radius 2 is 1.88 bits per heavy atom. The normalized spacial score (nSPS) is 25.8. The number of esters is 1. The van der Waals surface area contributed by atoms with Gasteiger partial charge in [-0.15, -0.1) is 0 Å². The summed E-state index contributed by atoms with van der Waals surface area (Å²) in [5, 5.41) is 0. The first-order valence-corrected chi connectivity index (χ1v) is 9.37. The third kappa shape index (κ3) is 4.85. The smallest absolute Gasteiger partial charge is 0.336 e. The molecule has 1 saturated heterocycles. The van der Waals surface area contributed by atoms with Gasteiger partial charge in [-0.1, -0.05) is 19.9 Å². The topological polar surface area (TPSA) is 38.8 Å². The third-order valence-electron chi connectivity index (χ3n) is 5.32. The Morgan fingerprint density at radius 3 is 2.46 bits per heavy atom. The second kappa shape index (κ2) is 8.70. The van der Waals surface area contributed by atoms with Crippen molar-refractivity contribution < 1.29 is 14.3 Å². The molecule has 1 heterocycles. The molecule has 2 aliphatic rings. The van der Waals surface area contributed by atoms with Crippen molar-refractivity contribution in [2.75, 3.05) is 20.2 Å². The van der Waals surface area contributed by atoms with E-state index in [4.69, 9.17) is 9.47 Å². The third-order valence-corrected chi connectivity index (χ3v) is 5.32. The minimum absolute atomic E-state index is 0.300. The monoisotopic (exact) mass is 335 g/mol. The zero-order chi connectivity index (χ0) is 17.7. The van der Waals surface area contributed by atoms with Crippen LogP contribution in [0.2, 0.25) is 0 Å². The van der Waals surface area contributed by atoms with Gasteiger partial charge in [-0.25, -0.2) is 4.79 Å². The van der Waals surface area contributed by atoms with E-state index in [1.807, 2.05) is 0 Å². The fraction of sp³-hybridized carbons (Fsp3) is 0.750. The van der Waals surface area contributed by atoms with Crippen LogP contribution in [0.5, 0.6) is 0 Å². The molecule has 0 N–H and O–H groups in total. The van der Waals surface area contributed by atoms with Crippen LogP contribution in [0.1, 0.15) is 59.3 Å². The van der Waals surface area contributed by atoms with Crippen LogP contribution in [-0.2, 0) is 14.3 Å². The summed E-state index contributed by atoms with van der Waals surface area (Å²) in [6.07, 6.45) is 6.91. The predicted octanol–water partition coefficient (Wildman–Crippen LogP) is 4.27. The highest BCUT2D eigenvalue weighted by Crippen LogP contribution is 2.41. The number of unbranched alkanes of at least 4 members (excludes halogenated alkanes) is 1. The van der Waals surface area contributed by atoms with Gasteiger partial charge >= 0.3 is 5.97 Å². The Bertz CT molecular complexity index is 493. The number of allylic oxidation sites excluding steroid dienone is 1. The molecule has 0 amide bonds. The highest BCUT2D eigenvalue weighted by Gasteiger charge is 2.34. The van der Waals surface area contributed by atoms with Gasteiger partial charge < -0.3 is 9.47 Å². The molecule has 0 aromatic heterocycles. The summed E-state index contributed by atoms with van der Waals surface area (Å²) in [5.41, 5.74) is 0.591. The van der Waals surface area contributed by atoms with Crippen LogP contribution < -0.4 is 0 Å². The van der Waals surface area contributed by atoms with Crippen LogP contribution in [0.4, 0.5) is 0 Å². The SMILES string of the molecule is C=C(O/C(=C(\C)C(=O)OC)C1CC1)C1CC[C@@H](C)N(CCCC)C1. The highest BCUT2D eigenvalue weighted by molar-refractivity contribution is 5.88. The van der Waals surface area contributed by atoms with E-state index in [1.54, 1.807) is 6.92 Å². The fourth-order valence-electron chi connectivity index (χ4n) is 3.40. The van der Waals surface area contributed by atoms with Gasteiger partial charge in [0.15, 0.2) is 0 Å². The second-order valence-electron chi connectivity index (χ2n) is 7.30. The lowest BCUT2D eigenvalue weighted by Crippen LogP contribution is -2.42. The van der Waals surface area contributed by atoms with Gasteiger partial charge in [0.25, 0.3) is 0 Å². The number of hydrogen-bond donors (Lipinski definition) is 0. The van der Waals surface area contributed by atoms with Crippen molar-refractivity contribution >= 4 is 5.97 Å². The molecule has 0 aromatic rings. The molecule has 1 aliphatic carbocycles. The van der Waals surface area contributed by atoms with E-state index in [2.05, 4.69) is 25.3 Å². The van der Waals surface area contributed by atoms with Crippen LogP contribution in [0.15, 0.2) is 23.7 Å². The lowest BCUT2D eigenvalue weighted by atomic mass is 9.92. The van der Waals surface area contributed by atoms with E-state index in [1.165, 1.54) is 26.4 Å². The van der Waals surface area contributed by atoms with Crippen molar-refractivity contribution in [1.82, 2.24) is 4.90 Å². The summed E-state index contributed by atoms with van der Waals surface area (Å²) >= 11 is 0. The molecule has 0 aromatic carbocycles. The molecule has 0 radical (unpaired) electrons. The quantitative estimate of drug-likeness (QED) is 0.377. The molecular weight excluding hydrogens is 302 g/mol. The van der Waals surface area contributed by atoms with Crippen LogP contribution in [-0.4, -0.2) is 37.1 Å². The summed E-state index contributed by atoms with van der Waals surface area (Å²) in [5.74, 6) is 2.00. The van der Waals surface area contributed by atoms with Gasteiger partial charge in [-0.05, 0) is 52.5 Å². The number of nitrogens with zero attached hydrogens (tertiary/aromatic N) is 1. The van der Waals surface area contributed by atoms with Crippen molar-refractivity contribution in [2.24, 2.45) is 11.8 Å². The van der Waals surface area contributed by atoms with Crippen molar-refractivity contribution in [1.29, 1.82) is 0 Å². The molecule has 136 valence electrons. The van der Waals surface area contributed by atoms with Gasteiger partial charge in [0.05, 0.1) is 12.7 Å². The first-order valence-electron chi connectivity index (χ1n) is 9.37. The maximum Gasteiger partial charge on any atom is 0.336 e. The number of ether oxygens (including phenoxy) is 2. The van der Waals surface area contributed by atoms with Crippen molar-refractivity contribution in [3.8, 4) is 0 Å². The molecule has 4 heteroatoms. The van der Waals surface area contributed by atoms with Crippen LogP contribution in [0.3, 0.4) is 0 Å². The number of methoxy groups -OCH3 is 1. The van der Waals surface area contributed by atoms with Crippen molar-refractivity contribution in [2.45, 2.75) is 65.3 Å². The Morgan fingerprint density at radius 1 is 1.21 bits per heavy atom. The molecule has 2 rings (SSSR count). The number of carbonyl (C=O) groups is 1. The Kier molecular flexibility index (Phi) is 6.90. The average molecular weight is 335 g/mol. The Hall–Kier alpha value is -1.29. The summed E-state index contributed by atoms with van der Waals surface area (Å²) in [7, 11) is 1.42. The van der Waals surface area contributed by atoms with E-state index >= 15 is 0 Å². The summed E-state index contributed by atoms with van der Waals surface area (Å²) in [6, 6.07) is 0.635. The van der Waals surface area contributed by atoms with E-state index in [-0.39, 0.29) is 5.97 Å². The summed E-state index contributed by atoms with van der Waals surface area (Å²) in [6.45, 7) is 12.7. The number of likely N-dealkylation sites (tertiary alicyclic amines) is 1. The van der Waals surface area contributed by atoms with Crippen LogP contribution in [0.25, 0.3) is 0 Å². The minimum atomic E-state index is -0.300. The van der Waals surface area contributed by atoms with Gasteiger partial charge in [0.1, 0.15) is 11.5 Å². The number of carbonyl (C=O) groups excluding carboxylic acids is 1. The van der Waals surface area contributed by atoms with Gasteiger partial charge in [-0.3, -0.25) is 4.90 Å². The van der Waals surface area contributed by atoms with Crippen molar-refractivity contribution in [3.63, 3.8) is 0 Å². The molecule has 2 atom stereocenters. The van der Waals surface area contributed by atoms with Crippen LogP contribution >= 0.6 is 0 Å². The number of rotatable bonds is 8. The standard InChI is InChI=1S/C20H33NO3/c1-6-7-12-21-13-18(9-8-14(21)2)16(4)24-19(17-10-11-17)15(3)20(22)23-5/h14,17-18H,4,6-13H2,1-3,5H3/b19-15+/t14-,18?/m1/s1. The molecule has 2 fully saturated rings. The number of piperidine rings is 1. The van der Waals surface area contributed by atoms with Crippen LogP contribution in [0, 0.1) is 11.8 Å².